The van der Waals surface area contributed by atoms with Crippen molar-refractivity contribution in [3.8, 4) is 10.6 Å². The maximum absolute atomic E-state index is 13.1. The Bertz CT molecular complexity index is 831. The van der Waals surface area contributed by atoms with Crippen LogP contribution in [0.1, 0.15) is 16.1 Å². The lowest BCUT2D eigenvalue weighted by atomic mass is 10.2. The first-order chi connectivity index (χ1) is 11.1. The second kappa shape index (κ2) is 6.66. The van der Waals surface area contributed by atoms with Crippen LogP contribution in [0.2, 0.25) is 0 Å². The number of halogens is 2. The quantitative estimate of drug-likeness (QED) is 0.663. The van der Waals surface area contributed by atoms with Crippen molar-refractivity contribution in [3.63, 3.8) is 0 Å². The number of rotatable bonds is 4. The average molecular weight is 331 g/mol. The lowest BCUT2D eigenvalue weighted by Crippen LogP contribution is -2.05. The molecule has 0 N–H and O–H groups in total. The van der Waals surface area contributed by atoms with E-state index in [0.717, 1.165) is 11.6 Å². The van der Waals surface area contributed by atoms with Gasteiger partial charge in [0.25, 0.3) is 0 Å². The van der Waals surface area contributed by atoms with Gasteiger partial charge in [-0.05, 0) is 42.5 Å². The number of thiazole rings is 1. The number of benzene rings is 2. The highest BCUT2D eigenvalue weighted by Gasteiger charge is 2.10. The molecule has 3 nitrogen and oxygen atoms in total. The minimum Gasteiger partial charge on any atom is -0.456 e. The van der Waals surface area contributed by atoms with Gasteiger partial charge in [0, 0.05) is 10.9 Å². The maximum Gasteiger partial charge on any atom is 0.338 e. The van der Waals surface area contributed by atoms with Gasteiger partial charge in [0.05, 0.1) is 11.3 Å². The van der Waals surface area contributed by atoms with Crippen LogP contribution in [-0.2, 0) is 11.3 Å². The van der Waals surface area contributed by atoms with Gasteiger partial charge in [0.15, 0.2) is 0 Å². The molecule has 3 rings (SSSR count). The van der Waals surface area contributed by atoms with Crippen LogP contribution in [0.4, 0.5) is 8.78 Å². The Morgan fingerprint density at radius 3 is 2.61 bits per heavy atom. The highest BCUT2D eigenvalue weighted by molar-refractivity contribution is 7.13. The van der Waals surface area contributed by atoms with Gasteiger partial charge < -0.3 is 4.74 Å². The molecule has 0 spiro atoms. The van der Waals surface area contributed by atoms with E-state index in [9.17, 15) is 13.6 Å². The Morgan fingerprint density at radius 2 is 1.87 bits per heavy atom. The van der Waals surface area contributed by atoms with Crippen LogP contribution < -0.4 is 0 Å². The van der Waals surface area contributed by atoms with Crippen molar-refractivity contribution < 1.29 is 18.3 Å². The summed E-state index contributed by atoms with van der Waals surface area (Å²) in [5, 5.41) is 2.47. The number of ether oxygens (including phenoxy) is 1. The summed E-state index contributed by atoms with van der Waals surface area (Å²) in [4.78, 5) is 16.2. The van der Waals surface area contributed by atoms with E-state index in [1.54, 1.807) is 17.5 Å². The summed E-state index contributed by atoms with van der Waals surface area (Å²) in [6, 6.07) is 11.3. The molecule has 0 aliphatic rings. The average Bonchev–Trinajstić information content (AvgIpc) is 3.02. The van der Waals surface area contributed by atoms with Gasteiger partial charge in [-0.25, -0.2) is 18.6 Å². The number of nitrogens with zero attached hydrogens (tertiary/aromatic N) is 1. The molecule has 0 fully saturated rings. The minimum absolute atomic E-state index is 0.00690. The highest BCUT2D eigenvalue weighted by atomic mass is 32.1. The standard InChI is InChI=1S/C17H11F2NO2S/c18-13-6-4-11(5-7-13)16-20-15(10-23-16)9-22-17(21)12-2-1-3-14(19)8-12/h1-8,10H,9H2. The largest absolute Gasteiger partial charge is 0.456 e. The minimum atomic E-state index is -0.610. The van der Waals surface area contributed by atoms with Crippen LogP contribution in [0, 0.1) is 11.6 Å². The summed E-state index contributed by atoms with van der Waals surface area (Å²) in [6.45, 7) is -0.00690. The normalized spacial score (nSPS) is 10.5. The Hall–Kier alpha value is -2.60. The molecule has 2 aromatic carbocycles. The maximum atomic E-state index is 13.1. The van der Waals surface area contributed by atoms with Crippen LogP contribution in [0.25, 0.3) is 10.6 Å². The molecule has 0 amide bonds. The Labute approximate surface area is 135 Å². The number of carbonyl (C=O) groups excluding carboxylic acids is 1. The van der Waals surface area contributed by atoms with Crippen LogP contribution in [0.5, 0.6) is 0 Å². The number of hydrogen-bond acceptors (Lipinski definition) is 4. The van der Waals surface area contributed by atoms with E-state index in [0.29, 0.717) is 10.7 Å². The third-order valence-corrected chi connectivity index (χ3v) is 3.99. The van der Waals surface area contributed by atoms with E-state index >= 15 is 0 Å². The van der Waals surface area contributed by atoms with E-state index in [2.05, 4.69) is 4.98 Å². The van der Waals surface area contributed by atoms with Crippen molar-refractivity contribution >= 4 is 17.3 Å². The third kappa shape index (κ3) is 3.78. The van der Waals surface area contributed by atoms with Gasteiger partial charge in [-0.1, -0.05) is 6.07 Å². The summed E-state index contributed by atoms with van der Waals surface area (Å²) < 4.78 is 31.1. The number of carbonyl (C=O) groups is 1. The lowest BCUT2D eigenvalue weighted by Gasteiger charge is -2.02. The molecule has 0 unspecified atom stereocenters. The molecule has 116 valence electrons. The van der Waals surface area contributed by atoms with Gasteiger partial charge in [0.1, 0.15) is 23.2 Å². The first-order valence-electron chi connectivity index (χ1n) is 6.75. The van der Waals surface area contributed by atoms with Gasteiger partial charge in [-0.15, -0.1) is 11.3 Å². The molecule has 0 radical (unpaired) electrons. The predicted octanol–water partition coefficient (Wildman–Crippen LogP) is 4.45. The van der Waals surface area contributed by atoms with Gasteiger partial charge in [-0.2, -0.15) is 0 Å². The number of aromatic nitrogens is 1. The monoisotopic (exact) mass is 331 g/mol. The molecular weight excluding hydrogens is 320 g/mol. The number of hydrogen-bond donors (Lipinski definition) is 0. The Kier molecular flexibility index (Phi) is 4.43. The molecule has 0 bridgehead atoms. The fraction of sp³-hybridized carbons (Fsp3) is 0.0588. The smallest absolute Gasteiger partial charge is 0.338 e. The van der Waals surface area contributed by atoms with Crippen molar-refractivity contribution in [3.05, 3.63) is 76.8 Å². The molecule has 0 atom stereocenters. The van der Waals surface area contributed by atoms with Gasteiger partial charge >= 0.3 is 5.97 Å². The fourth-order valence-corrected chi connectivity index (χ4v) is 2.75. The lowest BCUT2D eigenvalue weighted by molar-refractivity contribution is 0.0468. The first kappa shape index (κ1) is 15.3. The molecule has 0 aliphatic heterocycles. The third-order valence-electron chi connectivity index (χ3n) is 3.05. The van der Waals surface area contributed by atoms with E-state index in [1.807, 2.05) is 0 Å². The highest BCUT2D eigenvalue weighted by Crippen LogP contribution is 2.24. The molecule has 0 saturated carbocycles. The molecule has 1 aromatic heterocycles. The van der Waals surface area contributed by atoms with Crippen molar-refractivity contribution in [2.24, 2.45) is 0 Å². The second-order valence-electron chi connectivity index (χ2n) is 4.74. The van der Waals surface area contributed by atoms with Crippen LogP contribution in [0.3, 0.4) is 0 Å². The zero-order valence-corrected chi connectivity index (χ0v) is 12.6. The Morgan fingerprint density at radius 1 is 1.09 bits per heavy atom. The SMILES string of the molecule is O=C(OCc1csc(-c2ccc(F)cc2)n1)c1cccc(F)c1. The molecule has 23 heavy (non-hydrogen) atoms. The fourth-order valence-electron chi connectivity index (χ4n) is 1.94. The van der Waals surface area contributed by atoms with Crippen molar-refractivity contribution in [1.29, 1.82) is 0 Å². The summed E-state index contributed by atoms with van der Waals surface area (Å²) >= 11 is 1.37. The topological polar surface area (TPSA) is 39.2 Å². The molecular formula is C17H11F2NO2S. The molecule has 6 heteroatoms. The van der Waals surface area contributed by atoms with Crippen molar-refractivity contribution in [1.82, 2.24) is 4.98 Å². The second-order valence-corrected chi connectivity index (χ2v) is 5.60. The predicted molar refractivity (Wildman–Crippen MR) is 83.0 cm³/mol. The van der Waals surface area contributed by atoms with Gasteiger partial charge in [-0.3, -0.25) is 0 Å². The van der Waals surface area contributed by atoms with E-state index in [-0.39, 0.29) is 18.0 Å². The Balaban J connectivity index is 1.65. The molecule has 1 heterocycles. The molecule has 0 aliphatic carbocycles. The number of esters is 1. The summed E-state index contributed by atoms with van der Waals surface area (Å²) in [7, 11) is 0. The van der Waals surface area contributed by atoms with E-state index in [4.69, 9.17) is 4.74 Å². The molecule has 3 aromatic rings. The zero-order valence-electron chi connectivity index (χ0n) is 11.8. The van der Waals surface area contributed by atoms with Crippen LogP contribution in [-0.4, -0.2) is 11.0 Å². The first-order valence-corrected chi connectivity index (χ1v) is 7.63. The van der Waals surface area contributed by atoms with Gasteiger partial charge in [0.2, 0.25) is 0 Å². The molecule has 0 saturated heterocycles. The van der Waals surface area contributed by atoms with Crippen molar-refractivity contribution in [2.75, 3.05) is 0 Å². The van der Waals surface area contributed by atoms with Crippen molar-refractivity contribution in [2.45, 2.75) is 6.61 Å². The van der Waals surface area contributed by atoms with Crippen LogP contribution in [0.15, 0.2) is 53.9 Å². The summed E-state index contributed by atoms with van der Waals surface area (Å²) in [5.74, 6) is -1.41. The van der Waals surface area contributed by atoms with E-state index in [1.165, 1.54) is 41.7 Å². The van der Waals surface area contributed by atoms with Crippen LogP contribution >= 0.6 is 11.3 Å². The summed E-state index contributed by atoms with van der Waals surface area (Å²) in [5.41, 5.74) is 1.53. The van der Waals surface area contributed by atoms with E-state index < -0.39 is 11.8 Å². The summed E-state index contributed by atoms with van der Waals surface area (Å²) in [6.07, 6.45) is 0. The zero-order chi connectivity index (χ0) is 16.2.